The van der Waals surface area contributed by atoms with Crippen molar-refractivity contribution >= 4 is 11.9 Å². The highest BCUT2D eigenvalue weighted by Crippen LogP contribution is 2.22. The number of ether oxygens (including phenoxy) is 1. The van der Waals surface area contributed by atoms with Crippen LogP contribution in [0.5, 0.6) is 6.01 Å². The SMILES string of the molecule is NNc1nc(OCCCC(F)(F)F)nc(N2CCCC2)n1. The fraction of sp³-hybridized carbons (Fsp3) is 0.727. The van der Waals surface area contributed by atoms with Crippen molar-refractivity contribution in [2.24, 2.45) is 5.84 Å². The molecule has 1 saturated heterocycles. The standard InChI is InChI=1S/C11H17F3N6O/c12-11(13,14)4-3-7-21-10-17-8(19-15)16-9(18-10)20-5-1-2-6-20/h1-7,15H2,(H,16,17,18,19). The molecule has 1 aromatic rings. The molecule has 0 unspecified atom stereocenters. The van der Waals surface area contributed by atoms with Crippen molar-refractivity contribution in [3.63, 3.8) is 0 Å². The van der Waals surface area contributed by atoms with E-state index in [9.17, 15) is 13.2 Å². The molecule has 10 heteroatoms. The lowest BCUT2D eigenvalue weighted by molar-refractivity contribution is -0.136. The van der Waals surface area contributed by atoms with E-state index >= 15 is 0 Å². The van der Waals surface area contributed by atoms with Crippen LogP contribution in [-0.4, -0.2) is 40.8 Å². The molecule has 0 atom stereocenters. The number of nitrogens with two attached hydrogens (primary N) is 1. The molecule has 118 valence electrons. The maximum atomic E-state index is 12.0. The first-order valence-corrected chi connectivity index (χ1v) is 6.65. The summed E-state index contributed by atoms with van der Waals surface area (Å²) in [4.78, 5) is 14.0. The van der Waals surface area contributed by atoms with Gasteiger partial charge in [0.2, 0.25) is 11.9 Å². The second-order valence-corrected chi connectivity index (χ2v) is 4.65. The Labute approximate surface area is 119 Å². The van der Waals surface area contributed by atoms with E-state index in [0.29, 0.717) is 5.95 Å². The zero-order valence-electron chi connectivity index (χ0n) is 11.4. The largest absolute Gasteiger partial charge is 0.463 e. The number of hydrogen-bond acceptors (Lipinski definition) is 7. The van der Waals surface area contributed by atoms with Gasteiger partial charge in [0.15, 0.2) is 0 Å². The van der Waals surface area contributed by atoms with Crippen LogP contribution in [-0.2, 0) is 0 Å². The molecule has 0 radical (unpaired) electrons. The summed E-state index contributed by atoms with van der Waals surface area (Å²) < 4.78 is 41.3. The van der Waals surface area contributed by atoms with Gasteiger partial charge < -0.3 is 9.64 Å². The minimum atomic E-state index is -4.19. The Morgan fingerprint density at radius 1 is 1.19 bits per heavy atom. The Morgan fingerprint density at radius 3 is 2.52 bits per heavy atom. The van der Waals surface area contributed by atoms with Gasteiger partial charge in [-0.2, -0.15) is 28.1 Å². The van der Waals surface area contributed by atoms with E-state index in [2.05, 4.69) is 20.4 Å². The third-order valence-corrected chi connectivity index (χ3v) is 2.96. The highest BCUT2D eigenvalue weighted by Gasteiger charge is 2.26. The van der Waals surface area contributed by atoms with Crippen molar-refractivity contribution in [3.05, 3.63) is 0 Å². The molecule has 2 rings (SSSR count). The highest BCUT2D eigenvalue weighted by atomic mass is 19.4. The minimum absolute atomic E-state index is 0.0259. The Kier molecular flexibility index (Phi) is 4.99. The molecule has 0 spiro atoms. The summed E-state index contributed by atoms with van der Waals surface area (Å²) in [7, 11) is 0. The molecule has 1 aliphatic rings. The van der Waals surface area contributed by atoms with E-state index in [1.54, 1.807) is 0 Å². The molecule has 1 aliphatic heterocycles. The molecular formula is C11H17F3N6O. The topological polar surface area (TPSA) is 89.2 Å². The molecule has 0 aromatic carbocycles. The molecule has 0 amide bonds. The molecule has 7 nitrogen and oxygen atoms in total. The van der Waals surface area contributed by atoms with Gasteiger partial charge in [-0.1, -0.05) is 0 Å². The summed E-state index contributed by atoms with van der Waals surface area (Å²) in [6.45, 7) is 1.52. The lowest BCUT2D eigenvalue weighted by Crippen LogP contribution is -2.23. The summed E-state index contributed by atoms with van der Waals surface area (Å²) in [5, 5.41) is 0. The zero-order chi connectivity index (χ0) is 15.3. The first-order valence-electron chi connectivity index (χ1n) is 6.65. The number of hydrazine groups is 1. The van der Waals surface area contributed by atoms with Gasteiger partial charge in [-0.25, -0.2) is 5.84 Å². The molecule has 1 fully saturated rings. The van der Waals surface area contributed by atoms with E-state index in [1.165, 1.54) is 0 Å². The first-order chi connectivity index (χ1) is 9.98. The van der Waals surface area contributed by atoms with Gasteiger partial charge in [-0.05, 0) is 19.3 Å². The fourth-order valence-electron chi connectivity index (χ4n) is 1.97. The van der Waals surface area contributed by atoms with E-state index in [1.807, 2.05) is 4.90 Å². The zero-order valence-corrected chi connectivity index (χ0v) is 11.4. The Morgan fingerprint density at radius 2 is 1.90 bits per heavy atom. The average molecular weight is 306 g/mol. The quantitative estimate of drug-likeness (QED) is 0.467. The lowest BCUT2D eigenvalue weighted by Gasteiger charge is -2.16. The Bertz CT molecular complexity index is 464. The van der Waals surface area contributed by atoms with Crippen LogP contribution in [0, 0.1) is 0 Å². The van der Waals surface area contributed by atoms with Gasteiger partial charge in [0.25, 0.3) is 0 Å². The van der Waals surface area contributed by atoms with Crippen LogP contribution in [0.4, 0.5) is 25.1 Å². The Balaban J connectivity index is 1.96. The van der Waals surface area contributed by atoms with Crippen LogP contribution in [0.2, 0.25) is 0 Å². The number of alkyl halides is 3. The summed E-state index contributed by atoms with van der Waals surface area (Å²) in [5.74, 6) is 5.81. The van der Waals surface area contributed by atoms with Crippen molar-refractivity contribution in [2.45, 2.75) is 31.9 Å². The average Bonchev–Trinajstić information content (AvgIpc) is 2.96. The third-order valence-electron chi connectivity index (χ3n) is 2.96. The van der Waals surface area contributed by atoms with Crippen LogP contribution >= 0.6 is 0 Å². The van der Waals surface area contributed by atoms with E-state index in [4.69, 9.17) is 10.6 Å². The maximum Gasteiger partial charge on any atom is 0.389 e. The Hall–Kier alpha value is -1.84. The van der Waals surface area contributed by atoms with E-state index in [-0.39, 0.29) is 25.0 Å². The number of anilines is 2. The van der Waals surface area contributed by atoms with Gasteiger partial charge in [-0.3, -0.25) is 5.43 Å². The van der Waals surface area contributed by atoms with Gasteiger partial charge in [0.05, 0.1) is 6.61 Å². The van der Waals surface area contributed by atoms with Gasteiger partial charge in [0.1, 0.15) is 0 Å². The molecule has 2 heterocycles. The molecular weight excluding hydrogens is 289 g/mol. The van der Waals surface area contributed by atoms with E-state index in [0.717, 1.165) is 25.9 Å². The predicted molar refractivity (Wildman–Crippen MR) is 69.9 cm³/mol. The number of nitrogens with zero attached hydrogens (tertiary/aromatic N) is 4. The number of nitrogens with one attached hydrogen (secondary N) is 1. The third kappa shape index (κ3) is 4.88. The number of hydrogen-bond donors (Lipinski definition) is 2. The lowest BCUT2D eigenvalue weighted by atomic mass is 10.3. The smallest absolute Gasteiger partial charge is 0.389 e. The monoisotopic (exact) mass is 306 g/mol. The second-order valence-electron chi connectivity index (χ2n) is 4.65. The molecule has 3 N–H and O–H groups in total. The number of aromatic nitrogens is 3. The molecule has 21 heavy (non-hydrogen) atoms. The molecule has 1 aromatic heterocycles. The number of rotatable bonds is 6. The summed E-state index contributed by atoms with van der Waals surface area (Å²) in [5.41, 5.74) is 2.30. The van der Waals surface area contributed by atoms with Crippen LogP contribution in [0.1, 0.15) is 25.7 Å². The molecule has 0 saturated carbocycles. The van der Waals surface area contributed by atoms with Crippen molar-refractivity contribution in [3.8, 4) is 6.01 Å². The molecule has 0 bridgehead atoms. The van der Waals surface area contributed by atoms with Crippen LogP contribution < -0.4 is 20.9 Å². The predicted octanol–water partition coefficient (Wildman–Crippen LogP) is 1.48. The summed E-state index contributed by atoms with van der Waals surface area (Å²) >= 11 is 0. The highest BCUT2D eigenvalue weighted by molar-refractivity contribution is 5.38. The van der Waals surface area contributed by atoms with Crippen molar-refractivity contribution in [1.82, 2.24) is 15.0 Å². The minimum Gasteiger partial charge on any atom is -0.463 e. The summed E-state index contributed by atoms with van der Waals surface area (Å²) in [6.07, 6.45) is -3.16. The first kappa shape index (κ1) is 15.5. The van der Waals surface area contributed by atoms with Gasteiger partial charge in [0, 0.05) is 19.5 Å². The van der Waals surface area contributed by atoms with Crippen molar-refractivity contribution in [2.75, 3.05) is 30.0 Å². The van der Waals surface area contributed by atoms with E-state index < -0.39 is 12.6 Å². The summed E-state index contributed by atoms with van der Waals surface area (Å²) in [6, 6.07) is -0.0259. The van der Waals surface area contributed by atoms with Crippen LogP contribution in [0.25, 0.3) is 0 Å². The number of halogens is 3. The normalized spacial score (nSPS) is 15.3. The van der Waals surface area contributed by atoms with Crippen LogP contribution in [0.3, 0.4) is 0 Å². The fourth-order valence-corrected chi connectivity index (χ4v) is 1.97. The molecule has 0 aliphatic carbocycles. The van der Waals surface area contributed by atoms with Gasteiger partial charge >= 0.3 is 12.2 Å². The van der Waals surface area contributed by atoms with Crippen LogP contribution in [0.15, 0.2) is 0 Å². The van der Waals surface area contributed by atoms with Gasteiger partial charge in [-0.15, -0.1) is 0 Å². The second kappa shape index (κ2) is 6.74. The van der Waals surface area contributed by atoms with Crippen molar-refractivity contribution in [1.29, 1.82) is 0 Å². The maximum absolute atomic E-state index is 12.0. The van der Waals surface area contributed by atoms with Crippen molar-refractivity contribution < 1.29 is 17.9 Å². The number of nitrogen functional groups attached to an aromatic ring is 1.